The van der Waals surface area contributed by atoms with E-state index in [0.717, 1.165) is 16.8 Å². The predicted octanol–water partition coefficient (Wildman–Crippen LogP) is 7.33. The van der Waals surface area contributed by atoms with Crippen LogP contribution in [-0.4, -0.2) is 16.3 Å². The van der Waals surface area contributed by atoms with E-state index in [1.54, 1.807) is 36.5 Å². The summed E-state index contributed by atoms with van der Waals surface area (Å²) in [5, 5.41) is 11.3. The highest BCUT2D eigenvalue weighted by Crippen LogP contribution is 2.32. The Bertz CT molecular complexity index is 1230. The zero-order chi connectivity index (χ0) is 19.8. The smallest absolute Gasteiger partial charge is 0.227 e. The molecule has 1 heterocycles. The fourth-order valence-electron chi connectivity index (χ4n) is 2.73. The molecule has 28 heavy (non-hydrogen) atoms. The Labute approximate surface area is 179 Å². The second kappa shape index (κ2) is 7.59. The summed E-state index contributed by atoms with van der Waals surface area (Å²) in [6.45, 7) is 1.95. The summed E-state index contributed by atoms with van der Waals surface area (Å²) in [6.07, 6.45) is 1.57. The molecule has 7 heteroatoms. The SMILES string of the molecule is Cc1ccc(-c2nc3cc(Cl)ccc3o2)cc1N=Cc1cc(Cl)cc(Br)c1O. The van der Waals surface area contributed by atoms with E-state index in [-0.39, 0.29) is 5.75 Å². The van der Waals surface area contributed by atoms with Gasteiger partial charge in [0.1, 0.15) is 11.3 Å². The zero-order valence-electron chi connectivity index (χ0n) is 14.6. The number of benzene rings is 3. The number of halogens is 3. The minimum absolute atomic E-state index is 0.0813. The predicted molar refractivity (Wildman–Crippen MR) is 117 cm³/mol. The Hall–Kier alpha value is -2.34. The molecule has 0 aliphatic heterocycles. The molecule has 0 bridgehead atoms. The lowest BCUT2D eigenvalue weighted by molar-refractivity contribution is 0.471. The number of aromatic nitrogens is 1. The first kappa shape index (κ1) is 19.0. The fourth-order valence-corrected chi connectivity index (χ4v) is 3.73. The average molecular weight is 476 g/mol. The van der Waals surface area contributed by atoms with Crippen LogP contribution in [0.3, 0.4) is 0 Å². The highest BCUT2D eigenvalue weighted by atomic mass is 79.9. The van der Waals surface area contributed by atoms with Crippen LogP contribution in [-0.2, 0) is 0 Å². The van der Waals surface area contributed by atoms with Crippen LogP contribution in [0, 0.1) is 6.92 Å². The second-order valence-electron chi connectivity index (χ2n) is 6.22. The largest absolute Gasteiger partial charge is 0.506 e. The summed E-state index contributed by atoms with van der Waals surface area (Å²) in [5.74, 6) is 0.569. The number of aromatic hydroxyl groups is 1. The van der Waals surface area contributed by atoms with Gasteiger partial charge in [0.15, 0.2) is 5.58 Å². The summed E-state index contributed by atoms with van der Waals surface area (Å²) >= 11 is 15.4. The van der Waals surface area contributed by atoms with Gasteiger partial charge >= 0.3 is 0 Å². The molecule has 0 radical (unpaired) electrons. The standard InChI is InChI=1S/C21H13BrCl2N2O2/c1-11-2-3-12(21-26-18-9-14(23)4-5-19(18)28-21)7-17(11)25-10-13-6-15(24)8-16(22)20(13)27/h2-10,27H,1H3. The maximum atomic E-state index is 10.2. The van der Waals surface area contributed by atoms with Crippen molar-refractivity contribution in [1.82, 2.24) is 4.98 Å². The van der Waals surface area contributed by atoms with E-state index in [1.165, 1.54) is 0 Å². The summed E-state index contributed by atoms with van der Waals surface area (Å²) in [7, 11) is 0. The van der Waals surface area contributed by atoms with E-state index in [1.807, 2.05) is 25.1 Å². The van der Waals surface area contributed by atoms with E-state index < -0.39 is 0 Å². The van der Waals surface area contributed by atoms with E-state index in [2.05, 4.69) is 25.9 Å². The van der Waals surface area contributed by atoms with Crippen LogP contribution >= 0.6 is 39.1 Å². The fraction of sp³-hybridized carbons (Fsp3) is 0.0476. The summed E-state index contributed by atoms with van der Waals surface area (Å²) in [4.78, 5) is 9.02. The first-order valence-electron chi connectivity index (χ1n) is 8.30. The summed E-state index contributed by atoms with van der Waals surface area (Å²) in [5.41, 5.74) is 4.37. The lowest BCUT2D eigenvalue weighted by Gasteiger charge is -2.05. The maximum absolute atomic E-state index is 10.2. The highest BCUT2D eigenvalue weighted by molar-refractivity contribution is 9.10. The quantitative estimate of drug-likeness (QED) is 0.315. The minimum Gasteiger partial charge on any atom is -0.506 e. The van der Waals surface area contributed by atoms with Crippen LogP contribution in [0.4, 0.5) is 5.69 Å². The molecule has 1 aromatic heterocycles. The molecule has 0 unspecified atom stereocenters. The molecule has 3 aromatic carbocycles. The number of oxazole rings is 1. The van der Waals surface area contributed by atoms with Crippen molar-refractivity contribution >= 4 is 62.1 Å². The van der Waals surface area contributed by atoms with Crippen molar-refractivity contribution in [3.63, 3.8) is 0 Å². The van der Waals surface area contributed by atoms with E-state index in [9.17, 15) is 5.11 Å². The average Bonchev–Trinajstić information content (AvgIpc) is 3.07. The Morgan fingerprint density at radius 3 is 2.71 bits per heavy atom. The molecule has 0 aliphatic rings. The van der Waals surface area contributed by atoms with Gasteiger partial charge < -0.3 is 9.52 Å². The molecule has 0 saturated heterocycles. The van der Waals surface area contributed by atoms with Crippen LogP contribution in [0.15, 0.2) is 62.4 Å². The lowest BCUT2D eigenvalue weighted by atomic mass is 10.1. The third kappa shape index (κ3) is 3.78. The second-order valence-corrected chi connectivity index (χ2v) is 7.94. The Morgan fingerprint density at radius 2 is 1.89 bits per heavy atom. The minimum atomic E-state index is 0.0813. The summed E-state index contributed by atoms with van der Waals surface area (Å²) in [6, 6.07) is 14.3. The van der Waals surface area contributed by atoms with Gasteiger partial charge in [-0.1, -0.05) is 29.3 Å². The molecule has 0 saturated carbocycles. The van der Waals surface area contributed by atoms with Gasteiger partial charge in [-0.15, -0.1) is 0 Å². The van der Waals surface area contributed by atoms with Crippen LogP contribution in [0.1, 0.15) is 11.1 Å². The Kier molecular flexibility index (Phi) is 5.15. The van der Waals surface area contributed by atoms with Gasteiger partial charge in [-0.3, -0.25) is 4.99 Å². The zero-order valence-corrected chi connectivity index (χ0v) is 17.7. The van der Waals surface area contributed by atoms with Gasteiger partial charge in [0.2, 0.25) is 5.89 Å². The Morgan fingerprint density at radius 1 is 1.07 bits per heavy atom. The van der Waals surface area contributed by atoms with Crippen LogP contribution in [0.5, 0.6) is 5.75 Å². The highest BCUT2D eigenvalue weighted by Gasteiger charge is 2.11. The number of phenols is 1. The molecule has 1 N–H and O–H groups in total. The Balaban J connectivity index is 1.73. The number of hydrogen-bond acceptors (Lipinski definition) is 4. The molecule has 0 amide bonds. The molecular formula is C21H13BrCl2N2O2. The van der Waals surface area contributed by atoms with Crippen molar-refractivity contribution in [2.24, 2.45) is 4.99 Å². The molecule has 140 valence electrons. The number of hydrogen-bond donors (Lipinski definition) is 1. The van der Waals surface area contributed by atoms with E-state index >= 15 is 0 Å². The first-order valence-corrected chi connectivity index (χ1v) is 9.85. The van der Waals surface area contributed by atoms with Crippen LogP contribution < -0.4 is 0 Å². The molecule has 4 nitrogen and oxygen atoms in total. The number of rotatable bonds is 3. The number of aryl methyl sites for hydroxylation is 1. The van der Waals surface area contributed by atoms with Crippen molar-refractivity contribution in [2.75, 3.05) is 0 Å². The number of aliphatic imine (C=N–C) groups is 1. The van der Waals surface area contributed by atoms with Crippen LogP contribution in [0.25, 0.3) is 22.6 Å². The van der Waals surface area contributed by atoms with Gasteiger partial charge in [-0.25, -0.2) is 4.98 Å². The van der Waals surface area contributed by atoms with Gasteiger partial charge in [0.05, 0.1) is 10.2 Å². The summed E-state index contributed by atoms with van der Waals surface area (Å²) < 4.78 is 6.34. The van der Waals surface area contributed by atoms with Crippen molar-refractivity contribution in [1.29, 1.82) is 0 Å². The lowest BCUT2D eigenvalue weighted by Crippen LogP contribution is -1.86. The molecule has 0 fully saturated rings. The van der Waals surface area contributed by atoms with Gasteiger partial charge in [0.25, 0.3) is 0 Å². The molecule has 4 aromatic rings. The molecular weight excluding hydrogens is 463 g/mol. The third-order valence-corrected chi connectivity index (χ3v) is 5.26. The number of phenolic OH excluding ortho intramolecular Hbond substituents is 1. The first-order chi connectivity index (χ1) is 13.4. The van der Waals surface area contributed by atoms with Crippen molar-refractivity contribution < 1.29 is 9.52 Å². The van der Waals surface area contributed by atoms with Gasteiger partial charge in [-0.2, -0.15) is 0 Å². The number of nitrogens with zero attached hydrogens (tertiary/aromatic N) is 2. The normalized spacial score (nSPS) is 11.6. The third-order valence-electron chi connectivity index (χ3n) is 4.21. The molecule has 0 atom stereocenters. The molecule has 0 aliphatic carbocycles. The number of fused-ring (bicyclic) bond motifs is 1. The molecule has 4 rings (SSSR count). The van der Waals surface area contributed by atoms with E-state index in [4.69, 9.17) is 27.6 Å². The van der Waals surface area contributed by atoms with Gasteiger partial charge in [-0.05, 0) is 70.9 Å². The van der Waals surface area contributed by atoms with E-state index in [0.29, 0.717) is 37.1 Å². The maximum Gasteiger partial charge on any atom is 0.227 e. The van der Waals surface area contributed by atoms with Crippen molar-refractivity contribution in [3.05, 3.63) is 74.2 Å². The van der Waals surface area contributed by atoms with Crippen LogP contribution in [0.2, 0.25) is 10.0 Å². The molecule has 0 spiro atoms. The monoisotopic (exact) mass is 474 g/mol. The topological polar surface area (TPSA) is 58.6 Å². The van der Waals surface area contributed by atoms with Gasteiger partial charge in [0, 0.05) is 27.4 Å². The van der Waals surface area contributed by atoms with Crippen molar-refractivity contribution in [3.8, 4) is 17.2 Å². The van der Waals surface area contributed by atoms with Crippen molar-refractivity contribution in [2.45, 2.75) is 6.92 Å².